The van der Waals surface area contributed by atoms with Crippen LogP contribution in [0.5, 0.6) is 0 Å². The third-order valence-corrected chi connectivity index (χ3v) is 4.67. The van der Waals surface area contributed by atoms with Crippen LogP contribution in [0.15, 0.2) is 12.2 Å². The number of ether oxygens (including phenoxy) is 3. The Labute approximate surface area is 134 Å². The molecular formula is C18H30O4. The summed E-state index contributed by atoms with van der Waals surface area (Å²) in [5.41, 5.74) is 0. The van der Waals surface area contributed by atoms with Crippen LogP contribution in [-0.4, -0.2) is 31.1 Å². The monoisotopic (exact) mass is 310 g/mol. The number of hydrogen-bond acceptors (Lipinski definition) is 4. The first-order valence-corrected chi connectivity index (χ1v) is 8.81. The van der Waals surface area contributed by atoms with E-state index < -0.39 is 0 Å². The molecule has 1 saturated heterocycles. The molecule has 2 rings (SSSR count). The highest BCUT2D eigenvalue weighted by Gasteiger charge is 2.21. The van der Waals surface area contributed by atoms with Crippen LogP contribution in [0.3, 0.4) is 0 Å². The number of carbonyl (C=O) groups is 1. The topological polar surface area (TPSA) is 44.8 Å². The molecule has 0 saturated carbocycles. The molecule has 4 heteroatoms. The number of esters is 1. The fourth-order valence-corrected chi connectivity index (χ4v) is 2.98. The first-order chi connectivity index (χ1) is 10.6. The predicted molar refractivity (Wildman–Crippen MR) is 85.4 cm³/mol. The third kappa shape index (κ3) is 6.09. The van der Waals surface area contributed by atoms with E-state index in [2.05, 4.69) is 13.8 Å². The van der Waals surface area contributed by atoms with E-state index in [1.807, 2.05) is 6.08 Å². The lowest BCUT2D eigenvalue weighted by molar-refractivity contribution is -0.193. The van der Waals surface area contributed by atoms with Crippen molar-refractivity contribution >= 4 is 5.97 Å². The molecule has 0 aliphatic carbocycles. The lowest BCUT2D eigenvalue weighted by atomic mass is 9.97. The lowest BCUT2D eigenvalue weighted by Crippen LogP contribution is -2.29. The van der Waals surface area contributed by atoms with Crippen LogP contribution >= 0.6 is 0 Å². The minimum Gasteiger partial charge on any atom is -0.455 e. The smallest absolute Gasteiger partial charge is 0.331 e. The van der Waals surface area contributed by atoms with Crippen molar-refractivity contribution in [1.29, 1.82) is 0 Å². The second-order valence-corrected chi connectivity index (χ2v) is 6.59. The van der Waals surface area contributed by atoms with E-state index in [1.165, 1.54) is 31.8 Å². The molecule has 0 aromatic heterocycles. The zero-order chi connectivity index (χ0) is 15.8. The van der Waals surface area contributed by atoms with Crippen molar-refractivity contribution in [3.63, 3.8) is 0 Å². The molecule has 2 aliphatic heterocycles. The molecule has 2 aliphatic rings. The molecule has 1 fully saturated rings. The number of hydrogen-bond donors (Lipinski definition) is 0. The van der Waals surface area contributed by atoms with Gasteiger partial charge in [-0.25, -0.2) is 4.79 Å². The quantitative estimate of drug-likeness (QED) is 0.477. The van der Waals surface area contributed by atoms with E-state index in [0.29, 0.717) is 5.92 Å². The normalized spacial score (nSPS) is 27.6. The fourth-order valence-electron chi connectivity index (χ4n) is 2.98. The van der Waals surface area contributed by atoms with Crippen LogP contribution in [0.4, 0.5) is 0 Å². The number of rotatable bonds is 9. The van der Waals surface area contributed by atoms with E-state index in [0.717, 1.165) is 32.3 Å². The molecule has 0 bridgehead atoms. The summed E-state index contributed by atoms with van der Waals surface area (Å²) in [5, 5.41) is 0. The molecule has 0 aromatic carbocycles. The highest BCUT2D eigenvalue weighted by atomic mass is 16.7. The van der Waals surface area contributed by atoms with Crippen molar-refractivity contribution in [2.24, 2.45) is 5.92 Å². The highest BCUT2D eigenvalue weighted by molar-refractivity contribution is 5.84. The number of cyclic esters (lactones) is 1. The van der Waals surface area contributed by atoms with E-state index in [4.69, 9.17) is 14.2 Å². The van der Waals surface area contributed by atoms with Crippen LogP contribution in [0.25, 0.3) is 0 Å². The molecule has 0 radical (unpaired) electrons. The molecule has 2 heterocycles. The summed E-state index contributed by atoms with van der Waals surface area (Å²) in [4.78, 5) is 10.9. The Bertz CT molecular complexity index is 360. The van der Waals surface area contributed by atoms with E-state index >= 15 is 0 Å². The molecule has 0 amide bonds. The number of carbonyl (C=O) groups excluding carboxylic acids is 1. The Balaban J connectivity index is 1.50. The molecule has 0 spiro atoms. The summed E-state index contributed by atoms with van der Waals surface area (Å²) in [6.45, 7) is 5.26. The van der Waals surface area contributed by atoms with E-state index in [-0.39, 0.29) is 24.5 Å². The average Bonchev–Trinajstić information content (AvgIpc) is 2.93. The Morgan fingerprint density at radius 2 is 2.14 bits per heavy atom. The first kappa shape index (κ1) is 17.5. The fraction of sp³-hybridized carbons (Fsp3) is 0.833. The molecule has 1 unspecified atom stereocenters. The summed E-state index contributed by atoms with van der Waals surface area (Å²) >= 11 is 0. The predicted octanol–water partition coefficient (Wildman–Crippen LogP) is 3.99. The zero-order valence-corrected chi connectivity index (χ0v) is 14.0. The second kappa shape index (κ2) is 9.31. The molecule has 22 heavy (non-hydrogen) atoms. The molecule has 4 nitrogen and oxygen atoms in total. The number of unbranched alkanes of at least 4 members (excludes halogenated alkanes) is 2. The standard InChI is InChI=1S/C18H30O4/c1-14(15(2)21-18-10-6-7-13-20-18)8-4-3-5-9-16-11-12-17(19)22-16/h11-12,14-16,18H,3-10,13H2,1-2H3/t14-,15-,16+,18?/m1/s1. The van der Waals surface area contributed by atoms with Gasteiger partial charge in [-0.1, -0.05) is 19.8 Å². The van der Waals surface area contributed by atoms with Crippen molar-refractivity contribution in [3.05, 3.63) is 12.2 Å². The van der Waals surface area contributed by atoms with Gasteiger partial charge in [0.25, 0.3) is 0 Å². The van der Waals surface area contributed by atoms with Crippen LogP contribution in [0.2, 0.25) is 0 Å². The Kier molecular flexibility index (Phi) is 7.40. The second-order valence-electron chi connectivity index (χ2n) is 6.59. The zero-order valence-electron chi connectivity index (χ0n) is 14.0. The summed E-state index contributed by atoms with van der Waals surface area (Å²) in [6, 6.07) is 0. The minimum atomic E-state index is -0.200. The van der Waals surface area contributed by atoms with Gasteiger partial charge in [0.2, 0.25) is 0 Å². The third-order valence-electron chi connectivity index (χ3n) is 4.67. The van der Waals surface area contributed by atoms with Crippen molar-refractivity contribution in [3.8, 4) is 0 Å². The van der Waals surface area contributed by atoms with Crippen molar-refractivity contribution in [2.75, 3.05) is 6.61 Å². The molecule has 0 aromatic rings. The van der Waals surface area contributed by atoms with Crippen molar-refractivity contribution in [1.82, 2.24) is 0 Å². The van der Waals surface area contributed by atoms with Gasteiger partial charge in [-0.05, 0) is 57.4 Å². The Morgan fingerprint density at radius 3 is 2.82 bits per heavy atom. The molecule has 4 atom stereocenters. The largest absolute Gasteiger partial charge is 0.455 e. The van der Waals surface area contributed by atoms with Gasteiger partial charge in [-0.15, -0.1) is 0 Å². The molecule has 0 N–H and O–H groups in total. The van der Waals surface area contributed by atoms with Gasteiger partial charge in [0.1, 0.15) is 6.10 Å². The summed E-state index contributed by atoms with van der Waals surface area (Å²) < 4.78 is 16.8. The maximum absolute atomic E-state index is 10.9. The van der Waals surface area contributed by atoms with Crippen LogP contribution in [0, 0.1) is 5.92 Å². The van der Waals surface area contributed by atoms with E-state index in [1.54, 1.807) is 0 Å². The Hall–Kier alpha value is -0.870. The van der Waals surface area contributed by atoms with Gasteiger partial charge in [0, 0.05) is 12.7 Å². The van der Waals surface area contributed by atoms with Gasteiger partial charge in [0.05, 0.1) is 6.10 Å². The van der Waals surface area contributed by atoms with Gasteiger partial charge in [0.15, 0.2) is 6.29 Å². The highest BCUT2D eigenvalue weighted by Crippen LogP contribution is 2.22. The summed E-state index contributed by atoms with van der Waals surface area (Å²) in [5.74, 6) is 0.351. The van der Waals surface area contributed by atoms with Crippen LogP contribution in [-0.2, 0) is 19.0 Å². The van der Waals surface area contributed by atoms with Gasteiger partial charge >= 0.3 is 5.97 Å². The van der Waals surface area contributed by atoms with Crippen molar-refractivity contribution < 1.29 is 19.0 Å². The SMILES string of the molecule is C[C@H](CCCCC[C@H]1C=CC(=O)O1)[C@@H](C)OC1CCCCO1. The maximum atomic E-state index is 10.9. The summed E-state index contributed by atoms with van der Waals surface area (Å²) in [7, 11) is 0. The molecular weight excluding hydrogens is 280 g/mol. The van der Waals surface area contributed by atoms with E-state index in [9.17, 15) is 4.79 Å². The molecule has 126 valence electrons. The minimum absolute atomic E-state index is 0.00930. The van der Waals surface area contributed by atoms with Gasteiger partial charge in [-0.3, -0.25) is 0 Å². The van der Waals surface area contributed by atoms with Crippen LogP contribution in [0.1, 0.15) is 65.2 Å². The van der Waals surface area contributed by atoms with Gasteiger partial charge < -0.3 is 14.2 Å². The Morgan fingerprint density at radius 1 is 1.27 bits per heavy atom. The van der Waals surface area contributed by atoms with Gasteiger partial charge in [-0.2, -0.15) is 0 Å². The lowest BCUT2D eigenvalue weighted by Gasteiger charge is -2.29. The maximum Gasteiger partial charge on any atom is 0.331 e. The first-order valence-electron chi connectivity index (χ1n) is 8.81. The average molecular weight is 310 g/mol. The van der Waals surface area contributed by atoms with Crippen molar-refractivity contribution in [2.45, 2.75) is 83.7 Å². The summed E-state index contributed by atoms with van der Waals surface area (Å²) in [6.07, 6.45) is 12.7. The van der Waals surface area contributed by atoms with Crippen LogP contribution < -0.4 is 0 Å².